The Morgan fingerprint density at radius 2 is 1.82 bits per heavy atom. The Morgan fingerprint density at radius 3 is 2.47 bits per heavy atom. The average Bonchev–Trinajstić information content (AvgIpc) is 3.25. The van der Waals surface area contributed by atoms with Gasteiger partial charge in [0.15, 0.2) is 5.69 Å². The van der Waals surface area contributed by atoms with Crippen LogP contribution >= 0.6 is 0 Å². The highest BCUT2D eigenvalue weighted by molar-refractivity contribution is 5.94. The van der Waals surface area contributed by atoms with Gasteiger partial charge in [-0.2, -0.15) is 5.10 Å². The third kappa shape index (κ3) is 4.85. The van der Waals surface area contributed by atoms with Crippen molar-refractivity contribution in [3.05, 3.63) is 58.3 Å². The zero-order valence-corrected chi connectivity index (χ0v) is 19.2. The molecule has 34 heavy (non-hydrogen) atoms. The van der Waals surface area contributed by atoms with Crippen molar-refractivity contribution in [2.45, 2.75) is 52.0 Å². The van der Waals surface area contributed by atoms with Crippen LogP contribution < -0.4 is 16.2 Å². The maximum atomic E-state index is 13.5. The van der Waals surface area contributed by atoms with Gasteiger partial charge in [0.05, 0.1) is 12.8 Å². The minimum Gasteiger partial charge on any atom is -0.461 e. The van der Waals surface area contributed by atoms with Crippen LogP contribution in [0.15, 0.2) is 41.3 Å². The number of nitrogens with zero attached hydrogens (tertiary/aromatic N) is 3. The highest BCUT2D eigenvalue weighted by atomic mass is 16.5. The molecule has 1 aliphatic rings. The van der Waals surface area contributed by atoms with E-state index >= 15 is 0 Å². The zero-order chi connectivity index (χ0) is 24.2. The number of esters is 1. The van der Waals surface area contributed by atoms with Crippen LogP contribution in [-0.4, -0.2) is 44.6 Å². The topological polar surface area (TPSA) is 124 Å². The largest absolute Gasteiger partial charge is 0.461 e. The summed E-state index contributed by atoms with van der Waals surface area (Å²) in [6.07, 6.45) is 6.46. The van der Waals surface area contributed by atoms with Crippen molar-refractivity contribution in [2.24, 2.45) is 0 Å². The van der Waals surface area contributed by atoms with E-state index in [-0.39, 0.29) is 35.5 Å². The van der Waals surface area contributed by atoms with Crippen molar-refractivity contribution >= 4 is 29.0 Å². The lowest BCUT2D eigenvalue weighted by Gasteiger charge is -2.23. The fraction of sp³-hybridized carbons (Fsp3) is 0.375. The summed E-state index contributed by atoms with van der Waals surface area (Å²) in [4.78, 5) is 50.3. The van der Waals surface area contributed by atoms with Crippen molar-refractivity contribution < 1.29 is 19.1 Å². The van der Waals surface area contributed by atoms with Gasteiger partial charge >= 0.3 is 5.97 Å². The first-order valence-electron chi connectivity index (χ1n) is 11.4. The van der Waals surface area contributed by atoms with Crippen LogP contribution in [0.5, 0.6) is 0 Å². The average molecular weight is 466 g/mol. The molecule has 3 aromatic rings. The van der Waals surface area contributed by atoms with E-state index in [1.165, 1.54) is 28.3 Å². The van der Waals surface area contributed by atoms with Crippen LogP contribution in [0.2, 0.25) is 0 Å². The van der Waals surface area contributed by atoms with E-state index < -0.39 is 17.4 Å². The van der Waals surface area contributed by atoms with Gasteiger partial charge in [-0.25, -0.2) is 9.31 Å². The first-order chi connectivity index (χ1) is 16.4. The molecule has 0 aliphatic heterocycles. The SMILES string of the molecule is CCOC(=O)c1cc2c(=O)n(-c3ccc(NC(C)=O)cc3)c(C(=O)NC3CCCCC3)cn2n1. The van der Waals surface area contributed by atoms with Crippen molar-refractivity contribution in [1.29, 1.82) is 0 Å². The molecule has 10 nitrogen and oxygen atoms in total. The molecular formula is C24H27N5O5. The molecule has 2 heterocycles. The molecule has 2 amide bonds. The first-order valence-corrected chi connectivity index (χ1v) is 11.4. The third-order valence-electron chi connectivity index (χ3n) is 5.75. The number of fused-ring (bicyclic) bond motifs is 1. The van der Waals surface area contributed by atoms with Gasteiger partial charge in [0.25, 0.3) is 11.5 Å². The Kier molecular flexibility index (Phi) is 6.76. The summed E-state index contributed by atoms with van der Waals surface area (Å²) in [6.45, 7) is 3.26. The van der Waals surface area contributed by atoms with Crippen molar-refractivity contribution in [3.63, 3.8) is 0 Å². The lowest BCUT2D eigenvalue weighted by molar-refractivity contribution is -0.114. The molecule has 2 aromatic heterocycles. The molecular weight excluding hydrogens is 438 g/mol. The fourth-order valence-electron chi connectivity index (χ4n) is 4.17. The molecule has 1 aromatic carbocycles. The van der Waals surface area contributed by atoms with Crippen LogP contribution in [0.1, 0.15) is 66.9 Å². The number of ether oxygens (including phenoxy) is 1. The molecule has 0 radical (unpaired) electrons. The summed E-state index contributed by atoms with van der Waals surface area (Å²) < 4.78 is 7.53. The second-order valence-corrected chi connectivity index (χ2v) is 8.27. The smallest absolute Gasteiger partial charge is 0.358 e. The molecule has 0 atom stereocenters. The minimum atomic E-state index is -0.648. The first kappa shape index (κ1) is 23.2. The Bertz CT molecular complexity index is 1290. The van der Waals surface area contributed by atoms with Gasteiger partial charge < -0.3 is 15.4 Å². The standard InChI is InChI=1S/C24H27N5O5/c1-3-34-24(33)19-13-20-23(32)29(18-11-9-17(10-12-18)25-15(2)30)21(14-28(20)27-19)22(31)26-16-7-5-4-6-8-16/h9-14,16H,3-8H2,1-2H3,(H,25,30)(H,26,31). The van der Waals surface area contributed by atoms with Gasteiger partial charge in [-0.05, 0) is 44.0 Å². The molecule has 178 valence electrons. The number of hydrogen-bond acceptors (Lipinski definition) is 6. The molecule has 2 N–H and O–H groups in total. The Morgan fingerprint density at radius 1 is 1.12 bits per heavy atom. The predicted octanol–water partition coefficient (Wildman–Crippen LogP) is 2.68. The van der Waals surface area contributed by atoms with Crippen LogP contribution in [0, 0.1) is 0 Å². The van der Waals surface area contributed by atoms with Crippen LogP contribution in [0.4, 0.5) is 5.69 Å². The molecule has 1 fully saturated rings. The lowest BCUT2D eigenvalue weighted by Crippen LogP contribution is -2.39. The maximum absolute atomic E-state index is 13.5. The maximum Gasteiger partial charge on any atom is 0.358 e. The van der Waals surface area contributed by atoms with Gasteiger partial charge in [-0.1, -0.05) is 19.3 Å². The number of amides is 2. The van der Waals surface area contributed by atoms with Crippen molar-refractivity contribution in [2.75, 3.05) is 11.9 Å². The number of aromatic nitrogens is 3. The van der Waals surface area contributed by atoms with E-state index in [1.54, 1.807) is 31.2 Å². The number of carbonyl (C=O) groups is 3. The summed E-state index contributed by atoms with van der Waals surface area (Å²) >= 11 is 0. The Labute approximate surface area is 195 Å². The minimum absolute atomic E-state index is 0.0173. The van der Waals surface area contributed by atoms with Gasteiger partial charge in [0.1, 0.15) is 11.2 Å². The van der Waals surface area contributed by atoms with Crippen molar-refractivity contribution in [3.8, 4) is 5.69 Å². The summed E-state index contributed by atoms with van der Waals surface area (Å²) in [5.41, 5.74) is 0.696. The normalized spacial score (nSPS) is 14.1. The molecule has 0 unspecified atom stereocenters. The molecule has 1 aliphatic carbocycles. The summed E-state index contributed by atoms with van der Waals surface area (Å²) in [5.74, 6) is -1.26. The molecule has 1 saturated carbocycles. The Balaban J connectivity index is 1.81. The highest BCUT2D eigenvalue weighted by Crippen LogP contribution is 2.19. The fourth-order valence-corrected chi connectivity index (χ4v) is 4.17. The number of benzene rings is 1. The lowest BCUT2D eigenvalue weighted by atomic mass is 9.95. The molecule has 4 rings (SSSR count). The second kappa shape index (κ2) is 9.90. The summed E-state index contributed by atoms with van der Waals surface area (Å²) in [7, 11) is 0. The van der Waals surface area contributed by atoms with E-state index in [9.17, 15) is 19.2 Å². The van der Waals surface area contributed by atoms with E-state index in [2.05, 4.69) is 15.7 Å². The van der Waals surface area contributed by atoms with Crippen LogP contribution in [0.25, 0.3) is 11.2 Å². The molecule has 0 saturated heterocycles. The third-order valence-corrected chi connectivity index (χ3v) is 5.75. The van der Waals surface area contributed by atoms with Crippen LogP contribution in [0.3, 0.4) is 0 Å². The second-order valence-electron chi connectivity index (χ2n) is 8.27. The number of nitrogens with one attached hydrogen (secondary N) is 2. The molecule has 0 bridgehead atoms. The van der Waals surface area contributed by atoms with Crippen LogP contribution in [-0.2, 0) is 9.53 Å². The van der Waals surface area contributed by atoms with Gasteiger partial charge in [0.2, 0.25) is 5.91 Å². The number of rotatable bonds is 6. The number of anilines is 1. The summed E-state index contributed by atoms with van der Waals surface area (Å²) in [6, 6.07) is 7.97. The number of hydrogen-bond donors (Lipinski definition) is 2. The van der Waals surface area contributed by atoms with Gasteiger partial charge in [0, 0.05) is 30.4 Å². The summed E-state index contributed by atoms with van der Waals surface area (Å²) in [5, 5.41) is 9.88. The van der Waals surface area contributed by atoms with Gasteiger partial charge in [-0.3, -0.25) is 19.0 Å². The monoisotopic (exact) mass is 465 g/mol. The highest BCUT2D eigenvalue weighted by Gasteiger charge is 2.23. The van der Waals surface area contributed by atoms with Gasteiger partial charge in [-0.15, -0.1) is 0 Å². The van der Waals surface area contributed by atoms with E-state index in [0.717, 1.165) is 32.1 Å². The molecule has 10 heteroatoms. The van der Waals surface area contributed by atoms with E-state index in [1.807, 2.05) is 0 Å². The number of carbonyl (C=O) groups excluding carboxylic acids is 3. The molecule has 0 spiro atoms. The predicted molar refractivity (Wildman–Crippen MR) is 125 cm³/mol. The van der Waals surface area contributed by atoms with E-state index in [4.69, 9.17) is 4.74 Å². The van der Waals surface area contributed by atoms with E-state index in [0.29, 0.717) is 11.4 Å². The van der Waals surface area contributed by atoms with Crippen molar-refractivity contribution in [1.82, 2.24) is 19.5 Å². The quantitative estimate of drug-likeness (QED) is 0.540. The Hall–Kier alpha value is -3.95. The zero-order valence-electron chi connectivity index (χ0n) is 19.2.